The van der Waals surface area contributed by atoms with Crippen molar-refractivity contribution in [2.24, 2.45) is 0 Å². The Morgan fingerprint density at radius 2 is 2.12 bits per heavy atom. The van der Waals surface area contributed by atoms with Crippen LogP contribution in [0, 0.1) is 11.6 Å². The third-order valence-corrected chi connectivity index (χ3v) is 4.86. The van der Waals surface area contributed by atoms with Crippen LogP contribution in [0.1, 0.15) is 6.42 Å². The first-order valence-electron chi connectivity index (χ1n) is 7.26. The van der Waals surface area contributed by atoms with Gasteiger partial charge in [-0.25, -0.2) is 18.4 Å². The van der Waals surface area contributed by atoms with Crippen LogP contribution < -0.4 is 16.0 Å². The summed E-state index contributed by atoms with van der Waals surface area (Å²) < 4.78 is 32.5. The molecule has 5 rings (SSSR count). The average Bonchev–Trinajstić information content (AvgIpc) is 3.24. The molecule has 1 N–H and O–H groups in total. The molecule has 4 heterocycles. The molecule has 6 nitrogen and oxygen atoms in total. The number of anilines is 1. The lowest BCUT2D eigenvalue weighted by molar-refractivity contribution is 0.579. The van der Waals surface area contributed by atoms with Gasteiger partial charge in [-0.3, -0.25) is 0 Å². The fourth-order valence-corrected chi connectivity index (χ4v) is 3.56. The number of hydrogen-bond acceptors (Lipinski definition) is 4. The van der Waals surface area contributed by atoms with Crippen LogP contribution in [-0.4, -0.2) is 24.3 Å². The van der Waals surface area contributed by atoms with E-state index < -0.39 is 11.6 Å². The lowest BCUT2D eigenvalue weighted by atomic mass is 10.2. The number of nitrogens with zero attached hydrogens (tertiary/aromatic N) is 5. The molecule has 0 saturated carbocycles. The van der Waals surface area contributed by atoms with E-state index in [1.54, 1.807) is 10.9 Å². The summed E-state index contributed by atoms with van der Waals surface area (Å²) in [6.45, 7) is 0.575. The summed E-state index contributed by atoms with van der Waals surface area (Å²) in [4.78, 5) is 8.61. The molecule has 0 aliphatic carbocycles. The Labute approximate surface area is 142 Å². The largest absolute Gasteiger partial charge is 0.328 e. The molecule has 1 aromatic carbocycles. The minimum absolute atomic E-state index is 0.133. The number of imidazole rings is 1. The van der Waals surface area contributed by atoms with Crippen LogP contribution in [0.4, 0.5) is 14.7 Å². The normalized spacial score (nSPS) is 14.7. The van der Waals surface area contributed by atoms with E-state index in [1.807, 2.05) is 4.57 Å². The quantitative estimate of drug-likeness (QED) is 0.638. The van der Waals surface area contributed by atoms with Crippen LogP contribution in [0.3, 0.4) is 0 Å². The molecular weight excluding hydrogens is 382 g/mol. The summed E-state index contributed by atoms with van der Waals surface area (Å²) in [6.07, 6.45) is 3.82. The lowest BCUT2D eigenvalue weighted by Gasteiger charge is -2.07. The van der Waals surface area contributed by atoms with Gasteiger partial charge in [-0.15, -0.1) is 0 Å². The molecule has 24 heavy (non-hydrogen) atoms. The molecule has 2 aromatic heterocycles. The minimum Gasteiger partial charge on any atom is -0.328 e. The Morgan fingerprint density at radius 3 is 3.00 bits per heavy atom. The Hall–Kier alpha value is -2.55. The third kappa shape index (κ3) is 1.70. The molecule has 2 aliphatic rings. The van der Waals surface area contributed by atoms with Crippen molar-refractivity contribution in [3.63, 3.8) is 0 Å². The predicted molar refractivity (Wildman–Crippen MR) is 86.1 cm³/mol. The van der Waals surface area contributed by atoms with Gasteiger partial charge in [0, 0.05) is 19.2 Å². The van der Waals surface area contributed by atoms with Gasteiger partial charge >= 0.3 is 0 Å². The van der Waals surface area contributed by atoms with Gasteiger partial charge in [0.2, 0.25) is 5.95 Å². The maximum absolute atomic E-state index is 14.5. The molecule has 9 heteroatoms. The molecule has 120 valence electrons. The SMILES string of the molecule is Fc1ccc(Br)c(F)c1-c1nc2c3n1CCC=3n1ncnc1NC=2. The maximum atomic E-state index is 14.5. The highest BCUT2D eigenvalue weighted by Gasteiger charge is 2.27. The Morgan fingerprint density at radius 1 is 1.25 bits per heavy atom. The first kappa shape index (κ1) is 13.8. The molecule has 3 aromatic rings. The summed E-state index contributed by atoms with van der Waals surface area (Å²) in [5.74, 6) is -0.435. The van der Waals surface area contributed by atoms with E-state index in [-0.39, 0.29) is 15.9 Å². The smallest absolute Gasteiger partial charge is 0.229 e. The first-order chi connectivity index (χ1) is 11.6. The van der Waals surface area contributed by atoms with Crippen LogP contribution in [0.25, 0.3) is 23.3 Å². The zero-order valence-corrected chi connectivity index (χ0v) is 13.7. The first-order valence-corrected chi connectivity index (χ1v) is 8.05. The summed E-state index contributed by atoms with van der Waals surface area (Å²) in [5.41, 5.74) is 0.777. The third-order valence-electron chi connectivity index (χ3n) is 4.25. The lowest BCUT2D eigenvalue weighted by Crippen LogP contribution is -2.29. The van der Waals surface area contributed by atoms with Crippen molar-refractivity contribution in [3.8, 4) is 11.4 Å². The van der Waals surface area contributed by atoms with Gasteiger partial charge in [0.05, 0.1) is 21.1 Å². The molecule has 0 atom stereocenters. The van der Waals surface area contributed by atoms with E-state index in [9.17, 15) is 8.78 Å². The number of halogens is 3. The fourth-order valence-electron chi connectivity index (χ4n) is 3.23. The highest BCUT2D eigenvalue weighted by atomic mass is 79.9. The molecule has 0 unspecified atom stereocenters. The zero-order chi connectivity index (χ0) is 16.4. The molecule has 0 fully saturated rings. The average molecular weight is 391 g/mol. The van der Waals surface area contributed by atoms with Crippen LogP contribution in [-0.2, 0) is 6.54 Å². The number of aromatic nitrogens is 5. The Bertz CT molecular complexity index is 1130. The van der Waals surface area contributed by atoms with E-state index in [4.69, 9.17) is 0 Å². The molecule has 0 saturated heterocycles. The van der Waals surface area contributed by atoms with E-state index >= 15 is 0 Å². The van der Waals surface area contributed by atoms with E-state index in [0.717, 1.165) is 11.0 Å². The Kier molecular flexibility index (Phi) is 2.73. The van der Waals surface area contributed by atoms with Crippen LogP contribution >= 0.6 is 15.9 Å². The number of nitrogens with one attached hydrogen (secondary N) is 1. The van der Waals surface area contributed by atoms with Gasteiger partial charge < -0.3 is 9.88 Å². The van der Waals surface area contributed by atoms with Crippen molar-refractivity contribution >= 4 is 33.8 Å². The highest BCUT2D eigenvalue weighted by Crippen LogP contribution is 2.30. The number of rotatable bonds is 1. The predicted octanol–water partition coefficient (Wildman–Crippen LogP) is 1.41. The molecule has 0 spiro atoms. The summed E-state index contributed by atoms with van der Waals surface area (Å²) in [5, 5.41) is 8.67. The summed E-state index contributed by atoms with van der Waals surface area (Å²) >= 11 is 3.11. The molecule has 0 radical (unpaired) electrons. The highest BCUT2D eigenvalue weighted by molar-refractivity contribution is 9.10. The summed E-state index contributed by atoms with van der Waals surface area (Å²) in [7, 11) is 0. The topological polar surface area (TPSA) is 60.6 Å². The van der Waals surface area contributed by atoms with E-state index in [2.05, 4.69) is 36.3 Å². The second kappa shape index (κ2) is 4.73. The molecule has 0 amide bonds. The van der Waals surface area contributed by atoms with Crippen molar-refractivity contribution in [1.29, 1.82) is 0 Å². The van der Waals surface area contributed by atoms with E-state index in [1.165, 1.54) is 18.5 Å². The van der Waals surface area contributed by atoms with Gasteiger partial charge in [-0.2, -0.15) is 10.1 Å². The number of hydrogen-bond donors (Lipinski definition) is 1. The van der Waals surface area contributed by atoms with Crippen LogP contribution in [0.5, 0.6) is 0 Å². The van der Waals surface area contributed by atoms with Gasteiger partial charge in [-0.05, 0) is 28.1 Å². The molecule has 0 bridgehead atoms. The van der Waals surface area contributed by atoms with Crippen molar-refractivity contribution in [2.45, 2.75) is 13.0 Å². The number of fused-ring (bicyclic) bond motifs is 2. The molecular formula is C15H9BrF2N6. The van der Waals surface area contributed by atoms with Crippen molar-refractivity contribution in [2.75, 3.05) is 5.32 Å². The zero-order valence-electron chi connectivity index (χ0n) is 12.1. The fraction of sp³-hybridized carbons (Fsp3) is 0.133. The van der Waals surface area contributed by atoms with Crippen molar-refractivity contribution in [3.05, 3.63) is 45.3 Å². The second-order valence-corrected chi connectivity index (χ2v) is 6.37. The van der Waals surface area contributed by atoms with Gasteiger partial charge in [0.25, 0.3) is 0 Å². The van der Waals surface area contributed by atoms with Crippen LogP contribution in [0.2, 0.25) is 0 Å². The van der Waals surface area contributed by atoms with Gasteiger partial charge in [0.15, 0.2) is 5.82 Å². The second-order valence-electron chi connectivity index (χ2n) is 5.52. The van der Waals surface area contributed by atoms with E-state index in [0.29, 0.717) is 24.3 Å². The standard InChI is InChI=1S/C15H9BrF2N6/c16-7-1-2-8(17)11(12(7)18)14-22-9-5-19-15-20-6-21-24(15)10-3-4-23(14)13(9)10/h1-2,5-6H,3-4H2,(H,19,20,21). The number of benzene rings is 1. The Balaban J connectivity index is 1.88. The van der Waals surface area contributed by atoms with Crippen molar-refractivity contribution < 1.29 is 8.78 Å². The molecule has 2 aliphatic heterocycles. The van der Waals surface area contributed by atoms with Crippen molar-refractivity contribution in [1.82, 2.24) is 24.3 Å². The minimum atomic E-state index is -0.658. The van der Waals surface area contributed by atoms with Crippen LogP contribution in [0.15, 0.2) is 22.9 Å². The maximum Gasteiger partial charge on any atom is 0.229 e. The van der Waals surface area contributed by atoms with Gasteiger partial charge in [0.1, 0.15) is 23.3 Å². The summed E-state index contributed by atoms with van der Waals surface area (Å²) in [6, 6.07) is 2.58. The van der Waals surface area contributed by atoms with Gasteiger partial charge in [-0.1, -0.05) is 0 Å². The monoisotopic (exact) mass is 390 g/mol.